The van der Waals surface area contributed by atoms with Gasteiger partial charge in [-0.15, -0.1) is 0 Å². The molecule has 0 bridgehead atoms. The van der Waals surface area contributed by atoms with E-state index in [9.17, 15) is 9.59 Å². The van der Waals surface area contributed by atoms with Gasteiger partial charge in [-0.2, -0.15) is 0 Å². The summed E-state index contributed by atoms with van der Waals surface area (Å²) in [4.78, 5) is 24.7. The lowest BCUT2D eigenvalue weighted by Gasteiger charge is -2.30. The first-order valence-corrected chi connectivity index (χ1v) is 6.09. The summed E-state index contributed by atoms with van der Waals surface area (Å²) in [5, 5.41) is 0. The van der Waals surface area contributed by atoms with Gasteiger partial charge in [-0.05, 0) is 30.9 Å². The van der Waals surface area contributed by atoms with E-state index in [1.165, 1.54) is 0 Å². The summed E-state index contributed by atoms with van der Waals surface area (Å²) in [6.07, 6.45) is 4.72. The van der Waals surface area contributed by atoms with Crippen LogP contribution >= 0.6 is 0 Å². The van der Waals surface area contributed by atoms with Crippen LogP contribution in [0.2, 0.25) is 0 Å². The van der Waals surface area contributed by atoms with Crippen molar-refractivity contribution < 1.29 is 9.59 Å². The van der Waals surface area contributed by atoms with Crippen molar-refractivity contribution in [2.75, 3.05) is 13.1 Å². The highest BCUT2D eigenvalue weighted by atomic mass is 16.2. The summed E-state index contributed by atoms with van der Waals surface area (Å²) in [6.45, 7) is 4.18. The van der Waals surface area contributed by atoms with Crippen molar-refractivity contribution in [3.05, 3.63) is 24.0 Å². The summed E-state index contributed by atoms with van der Waals surface area (Å²) in [5.41, 5.74) is 0.559. The topological polar surface area (TPSA) is 42.3 Å². The standard InChI is InChI=1S/C13H18N2O2/c1-11-4-7-14(8-5-11)13(17)9-15-6-2-3-12(15)10-16/h2-3,6,10-11H,4-5,7-9H2,1H3. The molecule has 1 aliphatic heterocycles. The third-order valence-corrected chi connectivity index (χ3v) is 3.43. The number of hydrogen-bond donors (Lipinski definition) is 0. The van der Waals surface area contributed by atoms with Crippen LogP contribution in [-0.2, 0) is 11.3 Å². The van der Waals surface area contributed by atoms with Gasteiger partial charge in [0.2, 0.25) is 5.91 Å². The van der Waals surface area contributed by atoms with Crippen LogP contribution in [0, 0.1) is 5.92 Å². The molecule has 2 heterocycles. The zero-order chi connectivity index (χ0) is 12.3. The van der Waals surface area contributed by atoms with Crippen LogP contribution in [0.1, 0.15) is 30.3 Å². The maximum atomic E-state index is 12.0. The Kier molecular flexibility index (Phi) is 3.61. The Balaban J connectivity index is 1.95. The minimum absolute atomic E-state index is 0.108. The number of rotatable bonds is 3. The highest BCUT2D eigenvalue weighted by Crippen LogP contribution is 2.16. The number of amides is 1. The normalized spacial score (nSPS) is 17.1. The van der Waals surface area contributed by atoms with Crippen LogP contribution in [0.3, 0.4) is 0 Å². The van der Waals surface area contributed by atoms with E-state index in [-0.39, 0.29) is 12.5 Å². The van der Waals surface area contributed by atoms with Crippen molar-refractivity contribution in [1.82, 2.24) is 9.47 Å². The molecule has 0 aromatic carbocycles. The van der Waals surface area contributed by atoms with Crippen LogP contribution in [0.4, 0.5) is 0 Å². The third kappa shape index (κ3) is 2.75. The van der Waals surface area contributed by atoms with E-state index in [2.05, 4.69) is 6.92 Å². The average molecular weight is 234 g/mol. The predicted molar refractivity (Wildman–Crippen MR) is 64.8 cm³/mol. The van der Waals surface area contributed by atoms with Crippen molar-refractivity contribution in [2.45, 2.75) is 26.3 Å². The van der Waals surface area contributed by atoms with E-state index in [0.717, 1.165) is 38.1 Å². The van der Waals surface area contributed by atoms with Crippen molar-refractivity contribution >= 4 is 12.2 Å². The molecule has 0 spiro atoms. The van der Waals surface area contributed by atoms with E-state index in [1.807, 2.05) is 4.90 Å². The summed E-state index contributed by atoms with van der Waals surface area (Å²) in [6, 6.07) is 3.51. The van der Waals surface area contributed by atoms with Gasteiger partial charge < -0.3 is 9.47 Å². The zero-order valence-electron chi connectivity index (χ0n) is 10.1. The minimum atomic E-state index is 0.108. The molecule has 92 valence electrons. The molecule has 1 aromatic rings. The smallest absolute Gasteiger partial charge is 0.242 e. The number of likely N-dealkylation sites (tertiary alicyclic amines) is 1. The van der Waals surface area contributed by atoms with Gasteiger partial charge in [0.05, 0.1) is 5.69 Å². The first kappa shape index (κ1) is 11.9. The van der Waals surface area contributed by atoms with Crippen LogP contribution < -0.4 is 0 Å². The van der Waals surface area contributed by atoms with Gasteiger partial charge in [0.1, 0.15) is 6.54 Å². The average Bonchev–Trinajstić information content (AvgIpc) is 2.77. The molecule has 0 N–H and O–H groups in total. The number of carbonyl (C=O) groups excluding carboxylic acids is 2. The van der Waals surface area contributed by atoms with Crippen molar-refractivity contribution in [3.63, 3.8) is 0 Å². The number of aldehydes is 1. The van der Waals surface area contributed by atoms with Gasteiger partial charge in [-0.25, -0.2) is 0 Å². The van der Waals surface area contributed by atoms with E-state index in [4.69, 9.17) is 0 Å². The van der Waals surface area contributed by atoms with Gasteiger partial charge in [0.15, 0.2) is 6.29 Å². The van der Waals surface area contributed by atoms with Crippen LogP contribution in [0.25, 0.3) is 0 Å². The van der Waals surface area contributed by atoms with Crippen LogP contribution in [0.5, 0.6) is 0 Å². The molecule has 4 nitrogen and oxygen atoms in total. The Morgan fingerprint density at radius 1 is 1.47 bits per heavy atom. The monoisotopic (exact) mass is 234 g/mol. The minimum Gasteiger partial charge on any atom is -0.341 e. The number of nitrogens with zero attached hydrogens (tertiary/aromatic N) is 2. The fourth-order valence-corrected chi connectivity index (χ4v) is 2.18. The summed E-state index contributed by atoms with van der Waals surface area (Å²) in [5.74, 6) is 0.826. The van der Waals surface area contributed by atoms with Crippen LogP contribution in [0.15, 0.2) is 18.3 Å². The predicted octanol–water partition coefficient (Wildman–Crippen LogP) is 1.56. The van der Waals surface area contributed by atoms with Crippen molar-refractivity contribution in [3.8, 4) is 0 Å². The second-order valence-corrected chi connectivity index (χ2v) is 4.74. The molecule has 2 rings (SSSR count). The molecule has 0 saturated carbocycles. The lowest BCUT2D eigenvalue weighted by Crippen LogP contribution is -2.39. The van der Waals surface area contributed by atoms with Gasteiger partial charge >= 0.3 is 0 Å². The highest BCUT2D eigenvalue weighted by Gasteiger charge is 2.20. The molecule has 0 atom stereocenters. The van der Waals surface area contributed by atoms with Gasteiger partial charge in [0.25, 0.3) is 0 Å². The number of carbonyl (C=O) groups is 2. The van der Waals surface area contributed by atoms with E-state index in [0.29, 0.717) is 5.69 Å². The maximum absolute atomic E-state index is 12.0. The van der Waals surface area contributed by atoms with E-state index < -0.39 is 0 Å². The van der Waals surface area contributed by atoms with E-state index >= 15 is 0 Å². The van der Waals surface area contributed by atoms with Gasteiger partial charge in [0, 0.05) is 19.3 Å². The zero-order valence-corrected chi connectivity index (χ0v) is 10.1. The molecule has 4 heteroatoms. The molecule has 1 fully saturated rings. The second-order valence-electron chi connectivity index (χ2n) is 4.74. The Morgan fingerprint density at radius 2 is 2.18 bits per heavy atom. The number of hydrogen-bond acceptors (Lipinski definition) is 2. The number of piperidine rings is 1. The molecule has 0 unspecified atom stereocenters. The Bertz CT molecular complexity index is 403. The molecular weight excluding hydrogens is 216 g/mol. The SMILES string of the molecule is CC1CCN(C(=O)Cn2cccc2C=O)CC1. The Hall–Kier alpha value is -1.58. The Labute approximate surface area is 101 Å². The third-order valence-electron chi connectivity index (χ3n) is 3.43. The summed E-state index contributed by atoms with van der Waals surface area (Å²) >= 11 is 0. The molecule has 17 heavy (non-hydrogen) atoms. The lowest BCUT2D eigenvalue weighted by molar-refractivity contribution is -0.133. The molecule has 0 radical (unpaired) electrons. The molecule has 1 aromatic heterocycles. The summed E-state index contributed by atoms with van der Waals surface area (Å²) < 4.78 is 1.70. The molecule has 1 amide bonds. The summed E-state index contributed by atoms with van der Waals surface area (Å²) in [7, 11) is 0. The second kappa shape index (κ2) is 5.17. The molecular formula is C13H18N2O2. The lowest BCUT2D eigenvalue weighted by atomic mass is 9.99. The largest absolute Gasteiger partial charge is 0.341 e. The first-order chi connectivity index (χ1) is 8.20. The quantitative estimate of drug-likeness (QED) is 0.745. The fourth-order valence-electron chi connectivity index (χ4n) is 2.18. The highest BCUT2D eigenvalue weighted by molar-refractivity contribution is 5.78. The molecule has 1 aliphatic rings. The van der Waals surface area contributed by atoms with Crippen molar-refractivity contribution in [2.24, 2.45) is 5.92 Å². The first-order valence-electron chi connectivity index (χ1n) is 6.09. The van der Waals surface area contributed by atoms with Gasteiger partial charge in [-0.3, -0.25) is 9.59 Å². The van der Waals surface area contributed by atoms with Crippen LogP contribution in [-0.4, -0.2) is 34.7 Å². The van der Waals surface area contributed by atoms with Crippen molar-refractivity contribution in [1.29, 1.82) is 0 Å². The molecule has 0 aliphatic carbocycles. The maximum Gasteiger partial charge on any atom is 0.242 e. The molecule has 1 saturated heterocycles. The fraction of sp³-hybridized carbons (Fsp3) is 0.538. The number of aromatic nitrogens is 1. The Morgan fingerprint density at radius 3 is 2.82 bits per heavy atom. The van der Waals surface area contributed by atoms with Gasteiger partial charge in [-0.1, -0.05) is 6.92 Å². The van der Waals surface area contributed by atoms with E-state index in [1.54, 1.807) is 22.9 Å².